The minimum atomic E-state index is 0.0470. The summed E-state index contributed by atoms with van der Waals surface area (Å²) in [5.74, 6) is 0.629. The molecule has 7 heteroatoms. The number of hydrogen-bond donors (Lipinski definition) is 0. The number of rotatable bonds is 7. The van der Waals surface area contributed by atoms with Crippen molar-refractivity contribution >= 4 is 21.9 Å². The van der Waals surface area contributed by atoms with E-state index in [0.717, 1.165) is 39.6 Å². The molecule has 0 fully saturated rings. The van der Waals surface area contributed by atoms with Crippen molar-refractivity contribution in [3.63, 3.8) is 0 Å². The van der Waals surface area contributed by atoms with Crippen molar-refractivity contribution in [2.75, 3.05) is 27.2 Å². The Morgan fingerprint density at radius 2 is 1.73 bits per heavy atom. The molecular weight excluding hydrogens is 412 g/mol. The number of fused-ring (bicyclic) bond motifs is 3. The molecule has 0 aliphatic rings. The average Bonchev–Trinajstić information content (AvgIpc) is 3.29. The maximum absolute atomic E-state index is 5.73. The number of aromatic nitrogens is 5. The third-order valence-electron chi connectivity index (χ3n) is 5.81. The smallest absolute Gasteiger partial charge is 0.213 e. The molecule has 0 aliphatic carbocycles. The van der Waals surface area contributed by atoms with Crippen LogP contribution in [0.25, 0.3) is 33.1 Å². The molecule has 1 atom stereocenters. The van der Waals surface area contributed by atoms with E-state index in [1.165, 1.54) is 5.56 Å². The Kier molecular flexibility index (Phi) is 5.71. The van der Waals surface area contributed by atoms with E-state index >= 15 is 0 Å². The van der Waals surface area contributed by atoms with Gasteiger partial charge in [-0.1, -0.05) is 41.6 Å². The van der Waals surface area contributed by atoms with E-state index in [1.807, 2.05) is 61.4 Å². The van der Waals surface area contributed by atoms with Gasteiger partial charge in [-0.3, -0.25) is 4.98 Å². The summed E-state index contributed by atoms with van der Waals surface area (Å²) in [5.41, 5.74) is 5.93. The van der Waals surface area contributed by atoms with Crippen molar-refractivity contribution in [2.45, 2.75) is 13.0 Å². The van der Waals surface area contributed by atoms with Gasteiger partial charge in [-0.25, -0.2) is 9.67 Å². The lowest BCUT2D eigenvalue weighted by molar-refractivity contribution is 0.254. The monoisotopic (exact) mass is 438 g/mol. The Balaban J connectivity index is 1.52. The van der Waals surface area contributed by atoms with Gasteiger partial charge < -0.3 is 9.64 Å². The van der Waals surface area contributed by atoms with Crippen LogP contribution in [-0.4, -0.2) is 57.1 Å². The number of likely N-dealkylation sites (N-methyl/N-ethyl adjacent to an activating group) is 1. The van der Waals surface area contributed by atoms with Gasteiger partial charge in [0.1, 0.15) is 17.6 Å². The maximum Gasteiger partial charge on any atom is 0.213 e. The molecule has 166 valence electrons. The second-order valence-corrected chi connectivity index (χ2v) is 8.38. The molecule has 5 aromatic rings. The third-order valence-corrected chi connectivity index (χ3v) is 5.81. The fourth-order valence-corrected chi connectivity index (χ4v) is 3.92. The second kappa shape index (κ2) is 8.96. The van der Waals surface area contributed by atoms with E-state index in [9.17, 15) is 0 Å². The van der Waals surface area contributed by atoms with Gasteiger partial charge in [-0.05, 0) is 50.3 Å². The normalized spacial score (nSPS) is 12.5. The van der Waals surface area contributed by atoms with Crippen LogP contribution in [0.4, 0.5) is 0 Å². The summed E-state index contributed by atoms with van der Waals surface area (Å²) in [5, 5.41) is 9.88. The van der Waals surface area contributed by atoms with Crippen LogP contribution in [0.15, 0.2) is 73.1 Å². The predicted octanol–water partition coefficient (Wildman–Crippen LogP) is 4.59. The van der Waals surface area contributed by atoms with Crippen LogP contribution in [0.1, 0.15) is 18.5 Å². The molecule has 3 aromatic heterocycles. The standard InChI is InChI=1S/C26H26N6O/c1-18(19-7-5-4-6-8-19)32-26-22-15-20(9-11-23(22)27-17-24(26)29-30-32)21-10-12-25(28-16-21)33-14-13-31(2)3/h4-12,15-18H,13-14H2,1-3H3/t18-/m1/s1. The quantitative estimate of drug-likeness (QED) is 0.370. The van der Waals surface area contributed by atoms with Crippen LogP contribution in [0.3, 0.4) is 0 Å². The van der Waals surface area contributed by atoms with Gasteiger partial charge in [-0.2, -0.15) is 0 Å². The van der Waals surface area contributed by atoms with E-state index < -0.39 is 0 Å². The molecule has 0 radical (unpaired) electrons. The fourth-order valence-electron chi connectivity index (χ4n) is 3.92. The molecule has 33 heavy (non-hydrogen) atoms. The molecule has 5 rings (SSSR count). The maximum atomic E-state index is 5.73. The molecule has 0 unspecified atom stereocenters. The second-order valence-electron chi connectivity index (χ2n) is 8.38. The number of nitrogens with zero attached hydrogens (tertiary/aromatic N) is 6. The van der Waals surface area contributed by atoms with Gasteiger partial charge in [-0.15, -0.1) is 5.10 Å². The van der Waals surface area contributed by atoms with Gasteiger partial charge in [0.2, 0.25) is 5.88 Å². The molecule has 7 nitrogen and oxygen atoms in total. The van der Waals surface area contributed by atoms with Crippen molar-refractivity contribution < 1.29 is 4.74 Å². The molecule has 0 bridgehead atoms. The molecule has 0 spiro atoms. The van der Waals surface area contributed by atoms with Gasteiger partial charge in [0.25, 0.3) is 0 Å². The Bertz CT molecular complexity index is 1380. The lowest BCUT2D eigenvalue weighted by Crippen LogP contribution is -2.19. The van der Waals surface area contributed by atoms with E-state index in [0.29, 0.717) is 12.5 Å². The van der Waals surface area contributed by atoms with Crippen LogP contribution in [0, 0.1) is 0 Å². The number of pyridine rings is 2. The first-order chi connectivity index (χ1) is 16.1. The minimum absolute atomic E-state index is 0.0470. The highest BCUT2D eigenvalue weighted by atomic mass is 16.5. The van der Waals surface area contributed by atoms with E-state index in [2.05, 4.69) is 56.4 Å². The van der Waals surface area contributed by atoms with Crippen LogP contribution in [-0.2, 0) is 0 Å². The van der Waals surface area contributed by atoms with Gasteiger partial charge in [0.05, 0.1) is 17.8 Å². The van der Waals surface area contributed by atoms with Crippen LogP contribution in [0.2, 0.25) is 0 Å². The van der Waals surface area contributed by atoms with Gasteiger partial charge in [0, 0.05) is 29.8 Å². The molecule has 0 aliphatic heterocycles. The van der Waals surface area contributed by atoms with Gasteiger partial charge >= 0.3 is 0 Å². The summed E-state index contributed by atoms with van der Waals surface area (Å²) in [7, 11) is 4.04. The topological polar surface area (TPSA) is 69.0 Å². The van der Waals surface area contributed by atoms with Crippen LogP contribution < -0.4 is 4.74 Å². The summed E-state index contributed by atoms with van der Waals surface area (Å²) in [6.07, 6.45) is 3.64. The van der Waals surface area contributed by atoms with Crippen molar-refractivity contribution in [2.24, 2.45) is 0 Å². The highest BCUT2D eigenvalue weighted by molar-refractivity contribution is 6.03. The first-order valence-electron chi connectivity index (χ1n) is 11.0. The summed E-state index contributed by atoms with van der Waals surface area (Å²) in [6.45, 7) is 3.59. The SMILES string of the molecule is C[C@H](c1ccccc1)n1nnc2cnc3ccc(-c4ccc(OCCN(C)C)nc4)cc3c21. The Morgan fingerprint density at radius 1 is 0.909 bits per heavy atom. The molecule has 0 amide bonds. The minimum Gasteiger partial charge on any atom is -0.476 e. The first kappa shape index (κ1) is 21.0. The molecule has 0 saturated heterocycles. The summed E-state index contributed by atoms with van der Waals surface area (Å²) >= 11 is 0. The molecule has 2 aromatic carbocycles. The highest BCUT2D eigenvalue weighted by Crippen LogP contribution is 2.30. The molecule has 0 saturated carbocycles. The summed E-state index contributed by atoms with van der Waals surface area (Å²) in [6, 6.07) is 20.6. The van der Waals surface area contributed by atoms with E-state index in [1.54, 1.807) is 6.20 Å². The van der Waals surface area contributed by atoms with Crippen molar-refractivity contribution in [1.29, 1.82) is 0 Å². The predicted molar refractivity (Wildman–Crippen MR) is 130 cm³/mol. The Morgan fingerprint density at radius 3 is 2.48 bits per heavy atom. The number of benzene rings is 2. The highest BCUT2D eigenvalue weighted by Gasteiger charge is 2.16. The number of ether oxygens (including phenoxy) is 1. The summed E-state index contributed by atoms with van der Waals surface area (Å²) < 4.78 is 7.71. The van der Waals surface area contributed by atoms with E-state index in [-0.39, 0.29) is 6.04 Å². The van der Waals surface area contributed by atoms with Crippen LogP contribution in [0.5, 0.6) is 5.88 Å². The zero-order valence-corrected chi connectivity index (χ0v) is 19.0. The van der Waals surface area contributed by atoms with Crippen molar-refractivity contribution in [1.82, 2.24) is 29.9 Å². The summed E-state index contributed by atoms with van der Waals surface area (Å²) in [4.78, 5) is 11.2. The zero-order valence-electron chi connectivity index (χ0n) is 19.0. The third kappa shape index (κ3) is 4.27. The largest absolute Gasteiger partial charge is 0.476 e. The first-order valence-corrected chi connectivity index (χ1v) is 11.0. The molecule has 3 heterocycles. The fraction of sp³-hybridized carbons (Fsp3) is 0.231. The average molecular weight is 439 g/mol. The lowest BCUT2D eigenvalue weighted by Gasteiger charge is -2.14. The Hall–Kier alpha value is -3.84. The molecule has 0 N–H and O–H groups in total. The zero-order chi connectivity index (χ0) is 22.8. The number of hydrogen-bond acceptors (Lipinski definition) is 6. The van der Waals surface area contributed by atoms with Crippen molar-refractivity contribution in [3.05, 3.63) is 78.6 Å². The van der Waals surface area contributed by atoms with Gasteiger partial charge in [0.15, 0.2) is 0 Å². The van der Waals surface area contributed by atoms with Crippen molar-refractivity contribution in [3.8, 4) is 17.0 Å². The van der Waals surface area contributed by atoms with E-state index in [4.69, 9.17) is 4.74 Å². The molecular formula is C26H26N6O. The van der Waals surface area contributed by atoms with Crippen LogP contribution >= 0.6 is 0 Å². The Labute approximate surface area is 192 Å². The lowest BCUT2D eigenvalue weighted by atomic mass is 10.0.